The molecule has 0 radical (unpaired) electrons. The maximum Gasteiger partial charge on any atom is 0.332 e. The minimum Gasteiger partial charge on any atom is -0.348 e. The van der Waals surface area contributed by atoms with Crippen molar-refractivity contribution in [3.05, 3.63) is 150 Å². The molecule has 5 aromatic rings. The lowest BCUT2D eigenvalue weighted by atomic mass is 9.99. The first-order valence-corrected chi connectivity index (χ1v) is 13.4. The molecule has 1 N–H and O–H groups in total. The van der Waals surface area contributed by atoms with Crippen LogP contribution in [0.25, 0.3) is 10.9 Å². The Morgan fingerprint density at radius 2 is 1.32 bits per heavy atom. The zero-order valence-corrected chi connectivity index (χ0v) is 23.3. The van der Waals surface area contributed by atoms with Crippen LogP contribution in [0.15, 0.2) is 94.5 Å². The van der Waals surface area contributed by atoms with Gasteiger partial charge in [0.2, 0.25) is 0 Å². The highest BCUT2D eigenvalue weighted by atomic mass is 16.2. The van der Waals surface area contributed by atoms with Crippen molar-refractivity contribution in [2.24, 2.45) is 0 Å². The Morgan fingerprint density at radius 1 is 0.700 bits per heavy atom. The number of fused-ring (bicyclic) bond motifs is 1. The molecule has 0 aliphatic heterocycles. The number of hydrogen-bond donors (Lipinski definition) is 1. The van der Waals surface area contributed by atoms with Gasteiger partial charge in [0, 0.05) is 12.1 Å². The molecule has 1 aromatic heterocycles. The van der Waals surface area contributed by atoms with Crippen molar-refractivity contribution in [1.29, 1.82) is 0 Å². The van der Waals surface area contributed by atoms with E-state index >= 15 is 0 Å². The lowest BCUT2D eigenvalue weighted by Gasteiger charge is -2.17. The van der Waals surface area contributed by atoms with E-state index in [1.54, 1.807) is 34.9 Å². The number of carbonyl (C=O) groups excluding carboxylic acids is 1. The number of nitrogens with one attached hydrogen (secondary N) is 1. The summed E-state index contributed by atoms with van der Waals surface area (Å²) in [4.78, 5) is 39.9. The van der Waals surface area contributed by atoms with Gasteiger partial charge in [-0.15, -0.1) is 0 Å². The van der Waals surface area contributed by atoms with Crippen LogP contribution in [0, 0.1) is 27.7 Å². The predicted octanol–water partition coefficient (Wildman–Crippen LogP) is 5.42. The highest BCUT2D eigenvalue weighted by molar-refractivity contribution is 5.94. The maximum absolute atomic E-state index is 13.8. The van der Waals surface area contributed by atoms with Crippen molar-refractivity contribution in [2.45, 2.75) is 47.3 Å². The normalized spacial score (nSPS) is 11.1. The molecule has 0 unspecified atom stereocenters. The number of aromatic nitrogens is 2. The molecular weight excluding hydrogens is 498 g/mol. The first-order valence-electron chi connectivity index (χ1n) is 13.4. The monoisotopic (exact) mass is 531 g/mol. The Morgan fingerprint density at radius 3 is 2.00 bits per heavy atom. The van der Waals surface area contributed by atoms with E-state index in [0.717, 1.165) is 27.8 Å². The van der Waals surface area contributed by atoms with Crippen molar-refractivity contribution in [1.82, 2.24) is 14.5 Å². The van der Waals surface area contributed by atoms with Gasteiger partial charge in [0.25, 0.3) is 11.5 Å². The van der Waals surface area contributed by atoms with Crippen LogP contribution in [0.1, 0.15) is 49.3 Å². The van der Waals surface area contributed by atoms with Gasteiger partial charge in [-0.2, -0.15) is 0 Å². The SMILES string of the molecule is Cc1ccc(CNC(=O)c2ccc(Cn3c(=O)c4ccccc4n(Cc4c(C)cc(C)cc4C)c3=O)cc2)cc1. The van der Waals surface area contributed by atoms with Crippen molar-refractivity contribution in [3.8, 4) is 0 Å². The van der Waals surface area contributed by atoms with Gasteiger partial charge < -0.3 is 5.32 Å². The Kier molecular flexibility index (Phi) is 7.52. The zero-order chi connectivity index (χ0) is 28.4. The standard InChI is InChI=1S/C34H33N3O3/c1-22-9-11-26(12-10-22)19-35-32(38)28-15-13-27(14-16-28)20-37-33(39)29-7-5-6-8-31(29)36(34(37)40)21-30-24(3)17-23(2)18-25(30)4/h5-18H,19-21H2,1-4H3,(H,35,38). The summed E-state index contributed by atoms with van der Waals surface area (Å²) in [6.45, 7) is 9.11. The third kappa shape index (κ3) is 5.52. The van der Waals surface area contributed by atoms with E-state index in [9.17, 15) is 14.4 Å². The molecule has 4 aromatic carbocycles. The van der Waals surface area contributed by atoms with Crippen molar-refractivity contribution < 1.29 is 4.79 Å². The number of rotatable bonds is 7. The summed E-state index contributed by atoms with van der Waals surface area (Å²) in [5, 5.41) is 3.43. The fraction of sp³-hybridized carbons (Fsp3) is 0.206. The first-order chi connectivity index (χ1) is 19.2. The Bertz CT molecular complexity index is 1810. The molecule has 1 heterocycles. The molecule has 6 heteroatoms. The molecule has 0 spiro atoms. The van der Waals surface area contributed by atoms with Crippen LogP contribution in [-0.4, -0.2) is 15.0 Å². The number of para-hydroxylation sites is 1. The topological polar surface area (TPSA) is 73.1 Å². The summed E-state index contributed by atoms with van der Waals surface area (Å²) in [5.41, 5.74) is 7.89. The molecule has 0 aliphatic carbocycles. The molecular formula is C34H33N3O3. The van der Waals surface area contributed by atoms with Crippen LogP contribution in [0.2, 0.25) is 0 Å². The van der Waals surface area contributed by atoms with Gasteiger partial charge in [-0.25, -0.2) is 4.79 Å². The zero-order valence-electron chi connectivity index (χ0n) is 23.3. The van der Waals surface area contributed by atoms with E-state index in [2.05, 4.69) is 38.2 Å². The van der Waals surface area contributed by atoms with Gasteiger partial charge >= 0.3 is 5.69 Å². The predicted molar refractivity (Wildman–Crippen MR) is 160 cm³/mol. The molecule has 5 rings (SSSR count). The number of aryl methyl sites for hydroxylation is 4. The van der Waals surface area contributed by atoms with Gasteiger partial charge in [-0.1, -0.05) is 71.8 Å². The van der Waals surface area contributed by atoms with E-state index < -0.39 is 0 Å². The summed E-state index contributed by atoms with van der Waals surface area (Å²) in [6.07, 6.45) is 0. The summed E-state index contributed by atoms with van der Waals surface area (Å²) >= 11 is 0. The lowest BCUT2D eigenvalue weighted by Crippen LogP contribution is -2.40. The quantitative estimate of drug-likeness (QED) is 0.305. The molecule has 40 heavy (non-hydrogen) atoms. The van der Waals surface area contributed by atoms with Crippen LogP contribution < -0.4 is 16.6 Å². The Labute approximate surface area is 233 Å². The van der Waals surface area contributed by atoms with Crippen LogP contribution in [0.5, 0.6) is 0 Å². The van der Waals surface area contributed by atoms with Gasteiger partial charge in [-0.3, -0.25) is 18.7 Å². The van der Waals surface area contributed by atoms with Crippen LogP contribution in [-0.2, 0) is 19.6 Å². The highest BCUT2D eigenvalue weighted by Crippen LogP contribution is 2.19. The van der Waals surface area contributed by atoms with E-state index in [-0.39, 0.29) is 23.7 Å². The Hall–Kier alpha value is -4.71. The van der Waals surface area contributed by atoms with Gasteiger partial charge in [0.1, 0.15) is 0 Å². The largest absolute Gasteiger partial charge is 0.348 e. The minimum atomic E-state index is -0.358. The van der Waals surface area contributed by atoms with Crippen LogP contribution in [0.3, 0.4) is 0 Å². The summed E-state index contributed by atoms with van der Waals surface area (Å²) < 4.78 is 2.97. The Balaban J connectivity index is 1.43. The van der Waals surface area contributed by atoms with E-state index in [1.165, 1.54) is 15.7 Å². The van der Waals surface area contributed by atoms with Crippen LogP contribution in [0.4, 0.5) is 0 Å². The second-order valence-electron chi connectivity index (χ2n) is 10.5. The first kappa shape index (κ1) is 26.9. The van der Waals surface area contributed by atoms with Crippen LogP contribution >= 0.6 is 0 Å². The van der Waals surface area contributed by atoms with Gasteiger partial charge in [0.15, 0.2) is 0 Å². The highest BCUT2D eigenvalue weighted by Gasteiger charge is 2.16. The maximum atomic E-state index is 13.8. The number of hydrogen-bond acceptors (Lipinski definition) is 3. The minimum absolute atomic E-state index is 0.111. The molecule has 0 fully saturated rings. The van der Waals surface area contributed by atoms with E-state index in [0.29, 0.717) is 29.6 Å². The molecule has 1 amide bonds. The molecule has 0 bridgehead atoms. The third-order valence-electron chi connectivity index (χ3n) is 7.42. The molecule has 0 aliphatic rings. The van der Waals surface area contributed by atoms with Crippen molar-refractivity contribution in [2.75, 3.05) is 0 Å². The summed E-state index contributed by atoms with van der Waals surface area (Å²) in [6, 6.07) is 26.5. The second-order valence-corrected chi connectivity index (χ2v) is 10.5. The fourth-order valence-electron chi connectivity index (χ4n) is 5.21. The average molecular weight is 532 g/mol. The number of carbonyl (C=O) groups is 1. The fourth-order valence-corrected chi connectivity index (χ4v) is 5.21. The summed E-state index contributed by atoms with van der Waals surface area (Å²) in [5.74, 6) is -0.179. The second kappa shape index (κ2) is 11.2. The van der Waals surface area contributed by atoms with E-state index in [1.807, 2.05) is 49.4 Å². The summed E-state index contributed by atoms with van der Waals surface area (Å²) in [7, 11) is 0. The third-order valence-corrected chi connectivity index (χ3v) is 7.42. The molecule has 0 saturated heterocycles. The van der Waals surface area contributed by atoms with E-state index in [4.69, 9.17) is 0 Å². The average Bonchev–Trinajstić information content (AvgIpc) is 2.94. The number of amides is 1. The van der Waals surface area contributed by atoms with Gasteiger partial charge in [0.05, 0.1) is 24.0 Å². The van der Waals surface area contributed by atoms with Crippen molar-refractivity contribution >= 4 is 16.8 Å². The number of nitrogens with zero attached hydrogens (tertiary/aromatic N) is 2. The lowest BCUT2D eigenvalue weighted by molar-refractivity contribution is 0.0951. The molecule has 0 saturated carbocycles. The molecule has 202 valence electrons. The smallest absolute Gasteiger partial charge is 0.332 e. The molecule has 0 atom stereocenters. The number of benzene rings is 4. The molecule has 6 nitrogen and oxygen atoms in total. The van der Waals surface area contributed by atoms with Crippen molar-refractivity contribution in [3.63, 3.8) is 0 Å². The van der Waals surface area contributed by atoms with Gasteiger partial charge in [-0.05, 0) is 79.8 Å².